The molecule has 3 aromatic rings. The van der Waals surface area contributed by atoms with Gasteiger partial charge in [-0.2, -0.15) is 0 Å². The minimum Gasteiger partial charge on any atom is -0.328 e. The van der Waals surface area contributed by atoms with Crippen molar-refractivity contribution < 1.29 is 4.79 Å². The summed E-state index contributed by atoms with van der Waals surface area (Å²) >= 11 is 0. The molecule has 0 bridgehead atoms. The number of anilines is 1. The third-order valence-corrected chi connectivity index (χ3v) is 4.91. The molecule has 0 atom stereocenters. The van der Waals surface area contributed by atoms with Gasteiger partial charge in [-0.3, -0.25) is 14.2 Å². The summed E-state index contributed by atoms with van der Waals surface area (Å²) in [6.45, 7) is 0.291. The number of amides is 1. The maximum Gasteiger partial charge on any atom is 0.332 e. The van der Waals surface area contributed by atoms with Gasteiger partial charge in [-0.15, -0.1) is 0 Å². The highest BCUT2D eigenvalue weighted by atomic mass is 16.2. The van der Waals surface area contributed by atoms with Crippen LogP contribution in [0.3, 0.4) is 0 Å². The van der Waals surface area contributed by atoms with Crippen molar-refractivity contribution in [2.24, 2.45) is 14.1 Å². The SMILES string of the molecule is Cn1cnc2c1c(=O)n(CC(=O)N1CCCc3ccccc31)c(=O)n2C. The van der Waals surface area contributed by atoms with Gasteiger partial charge in [0.1, 0.15) is 6.54 Å². The van der Waals surface area contributed by atoms with Crippen LogP contribution in [0.1, 0.15) is 12.0 Å². The third-order valence-electron chi connectivity index (χ3n) is 4.91. The van der Waals surface area contributed by atoms with Crippen molar-refractivity contribution >= 4 is 22.8 Å². The number of nitrogens with zero attached hydrogens (tertiary/aromatic N) is 5. The zero-order chi connectivity index (χ0) is 18.4. The van der Waals surface area contributed by atoms with Crippen molar-refractivity contribution in [3.63, 3.8) is 0 Å². The lowest BCUT2D eigenvalue weighted by molar-refractivity contribution is -0.119. The van der Waals surface area contributed by atoms with E-state index in [-0.39, 0.29) is 12.5 Å². The summed E-state index contributed by atoms with van der Waals surface area (Å²) in [5.41, 5.74) is 1.54. The molecule has 0 N–H and O–H groups in total. The lowest BCUT2D eigenvalue weighted by Crippen LogP contribution is -2.45. The van der Waals surface area contributed by atoms with Crippen LogP contribution in [0.25, 0.3) is 11.2 Å². The quantitative estimate of drug-likeness (QED) is 0.668. The summed E-state index contributed by atoms with van der Waals surface area (Å²) in [6.07, 6.45) is 3.26. The van der Waals surface area contributed by atoms with Crippen LogP contribution in [0, 0.1) is 0 Å². The fraction of sp³-hybridized carbons (Fsp3) is 0.333. The molecule has 1 aromatic carbocycles. The molecule has 8 nitrogen and oxygen atoms in total. The molecule has 0 unspecified atom stereocenters. The summed E-state index contributed by atoms with van der Waals surface area (Å²) in [5, 5.41) is 0. The maximum absolute atomic E-state index is 12.9. The summed E-state index contributed by atoms with van der Waals surface area (Å²) in [5.74, 6) is -0.266. The van der Waals surface area contributed by atoms with E-state index in [1.807, 2.05) is 24.3 Å². The van der Waals surface area contributed by atoms with Gasteiger partial charge in [-0.1, -0.05) is 18.2 Å². The Labute approximate surface area is 148 Å². The van der Waals surface area contributed by atoms with Gasteiger partial charge in [-0.05, 0) is 24.5 Å². The Hall–Kier alpha value is -3.16. The predicted molar refractivity (Wildman–Crippen MR) is 97.3 cm³/mol. The standard InChI is InChI=1S/C18H19N5O3/c1-20-11-19-16-15(20)17(25)23(18(26)21(16)2)10-14(24)22-9-5-7-12-6-3-4-8-13(12)22/h3-4,6,8,11H,5,7,9-10H2,1-2H3. The van der Waals surface area contributed by atoms with Crippen LogP contribution in [0.2, 0.25) is 0 Å². The van der Waals surface area contributed by atoms with Gasteiger partial charge >= 0.3 is 5.69 Å². The molecule has 1 aliphatic rings. The van der Waals surface area contributed by atoms with Crippen molar-refractivity contribution in [3.05, 3.63) is 57.0 Å². The smallest absolute Gasteiger partial charge is 0.328 e. The number of hydrogen-bond acceptors (Lipinski definition) is 4. The topological polar surface area (TPSA) is 82.1 Å². The van der Waals surface area contributed by atoms with Gasteiger partial charge in [0.2, 0.25) is 5.91 Å². The molecule has 26 heavy (non-hydrogen) atoms. The van der Waals surface area contributed by atoms with E-state index < -0.39 is 11.2 Å². The molecular formula is C18H19N5O3. The molecule has 8 heteroatoms. The predicted octanol–water partition coefficient (Wildman–Crippen LogP) is 0.413. The number of carbonyl (C=O) groups excluding carboxylic acids is 1. The molecule has 2 aromatic heterocycles. The Morgan fingerprint density at radius 1 is 1.19 bits per heavy atom. The second-order valence-corrected chi connectivity index (χ2v) is 6.54. The van der Waals surface area contributed by atoms with Crippen LogP contribution in [-0.2, 0) is 31.9 Å². The van der Waals surface area contributed by atoms with Crippen LogP contribution in [0.4, 0.5) is 5.69 Å². The van der Waals surface area contributed by atoms with Crippen molar-refractivity contribution in [1.82, 2.24) is 18.7 Å². The van der Waals surface area contributed by atoms with E-state index in [1.54, 1.807) is 23.6 Å². The first kappa shape index (κ1) is 16.3. The summed E-state index contributed by atoms with van der Waals surface area (Å²) in [4.78, 5) is 44.0. The monoisotopic (exact) mass is 353 g/mol. The normalized spacial score (nSPS) is 13.8. The third kappa shape index (κ3) is 2.37. The number of fused-ring (bicyclic) bond motifs is 2. The van der Waals surface area contributed by atoms with Crippen LogP contribution in [-0.4, -0.2) is 31.1 Å². The summed E-state index contributed by atoms with van der Waals surface area (Å²) in [7, 11) is 3.24. The van der Waals surface area contributed by atoms with Gasteiger partial charge in [-0.25, -0.2) is 14.3 Å². The number of imidazole rings is 1. The molecule has 0 fully saturated rings. The molecule has 1 aliphatic heterocycles. The fourth-order valence-corrected chi connectivity index (χ4v) is 3.55. The number of para-hydroxylation sites is 1. The molecule has 0 radical (unpaired) electrons. The van der Waals surface area contributed by atoms with Crippen molar-refractivity contribution in [2.45, 2.75) is 19.4 Å². The van der Waals surface area contributed by atoms with E-state index in [0.717, 1.165) is 28.7 Å². The zero-order valence-corrected chi connectivity index (χ0v) is 14.7. The lowest BCUT2D eigenvalue weighted by Gasteiger charge is -2.29. The summed E-state index contributed by atoms with van der Waals surface area (Å²) < 4.78 is 3.85. The number of hydrogen-bond donors (Lipinski definition) is 0. The minimum atomic E-state index is -0.542. The molecule has 0 saturated heterocycles. The lowest BCUT2D eigenvalue weighted by atomic mass is 10.0. The van der Waals surface area contributed by atoms with E-state index in [4.69, 9.17) is 0 Å². The number of aryl methyl sites for hydroxylation is 3. The van der Waals surface area contributed by atoms with Gasteiger partial charge < -0.3 is 9.47 Å². The molecular weight excluding hydrogens is 334 g/mol. The molecule has 0 aliphatic carbocycles. The van der Waals surface area contributed by atoms with E-state index in [2.05, 4.69) is 4.98 Å². The van der Waals surface area contributed by atoms with E-state index in [1.165, 1.54) is 10.9 Å². The molecule has 3 heterocycles. The maximum atomic E-state index is 12.9. The Bertz CT molecular complexity index is 1140. The minimum absolute atomic E-state index is 0.266. The Kier molecular flexibility index (Phi) is 3.75. The molecule has 0 saturated carbocycles. The first-order valence-corrected chi connectivity index (χ1v) is 8.48. The number of aromatic nitrogens is 4. The number of rotatable bonds is 2. The largest absolute Gasteiger partial charge is 0.332 e. The van der Waals surface area contributed by atoms with Crippen molar-refractivity contribution in [1.29, 1.82) is 0 Å². The number of benzene rings is 1. The van der Waals surface area contributed by atoms with E-state index >= 15 is 0 Å². The fourth-order valence-electron chi connectivity index (χ4n) is 3.55. The molecule has 134 valence electrons. The molecule has 1 amide bonds. The first-order chi connectivity index (χ1) is 12.5. The van der Waals surface area contributed by atoms with Gasteiger partial charge in [0.05, 0.1) is 6.33 Å². The Morgan fingerprint density at radius 3 is 2.77 bits per heavy atom. The van der Waals surface area contributed by atoms with Crippen molar-refractivity contribution in [3.8, 4) is 0 Å². The van der Waals surface area contributed by atoms with Gasteiger partial charge in [0.15, 0.2) is 11.2 Å². The highest BCUT2D eigenvalue weighted by molar-refractivity contribution is 5.94. The average Bonchev–Trinajstić information content (AvgIpc) is 3.04. The van der Waals surface area contributed by atoms with E-state index in [0.29, 0.717) is 17.7 Å². The Balaban J connectivity index is 1.77. The van der Waals surface area contributed by atoms with Gasteiger partial charge in [0, 0.05) is 26.3 Å². The van der Waals surface area contributed by atoms with Crippen LogP contribution in [0.15, 0.2) is 40.2 Å². The van der Waals surface area contributed by atoms with Crippen LogP contribution >= 0.6 is 0 Å². The highest BCUT2D eigenvalue weighted by Gasteiger charge is 2.24. The summed E-state index contributed by atoms with van der Waals surface area (Å²) in [6, 6.07) is 7.74. The van der Waals surface area contributed by atoms with Crippen LogP contribution < -0.4 is 16.1 Å². The van der Waals surface area contributed by atoms with Gasteiger partial charge in [0.25, 0.3) is 5.56 Å². The van der Waals surface area contributed by atoms with E-state index in [9.17, 15) is 14.4 Å². The second-order valence-electron chi connectivity index (χ2n) is 6.54. The second kappa shape index (κ2) is 5.98. The molecule has 4 rings (SSSR count). The number of carbonyl (C=O) groups is 1. The Morgan fingerprint density at radius 2 is 1.96 bits per heavy atom. The highest BCUT2D eigenvalue weighted by Crippen LogP contribution is 2.26. The molecule has 0 spiro atoms. The average molecular weight is 353 g/mol. The van der Waals surface area contributed by atoms with Crippen molar-refractivity contribution in [2.75, 3.05) is 11.4 Å². The van der Waals surface area contributed by atoms with Crippen LogP contribution in [0.5, 0.6) is 0 Å². The first-order valence-electron chi connectivity index (χ1n) is 8.48. The zero-order valence-electron chi connectivity index (χ0n) is 14.7.